The number of aromatic carboxylic acids is 1. The van der Waals surface area contributed by atoms with Crippen LogP contribution >= 0.6 is 23.2 Å². The van der Waals surface area contributed by atoms with E-state index >= 15 is 0 Å². The molecule has 0 atom stereocenters. The van der Waals surface area contributed by atoms with E-state index in [1.807, 2.05) is 0 Å². The molecule has 8 heteroatoms. The fourth-order valence-corrected chi connectivity index (χ4v) is 2.18. The second-order valence-corrected chi connectivity index (χ2v) is 4.75. The minimum atomic E-state index is -1.24. The zero-order chi connectivity index (χ0) is 14.9. The van der Waals surface area contributed by atoms with Gasteiger partial charge < -0.3 is 10.4 Å². The van der Waals surface area contributed by atoms with Crippen LogP contribution in [0.4, 0.5) is 5.69 Å². The molecule has 104 valence electrons. The summed E-state index contributed by atoms with van der Waals surface area (Å²) >= 11 is 11.7. The number of halogens is 2. The van der Waals surface area contributed by atoms with Gasteiger partial charge in [0.15, 0.2) is 0 Å². The van der Waals surface area contributed by atoms with Gasteiger partial charge in [0.1, 0.15) is 5.69 Å². The first-order chi connectivity index (χ1) is 9.40. The summed E-state index contributed by atoms with van der Waals surface area (Å²) < 4.78 is 1.36. The zero-order valence-corrected chi connectivity index (χ0v) is 11.7. The second-order valence-electron chi connectivity index (χ2n) is 3.91. The maximum absolute atomic E-state index is 12.1. The Morgan fingerprint density at radius 2 is 2.05 bits per heavy atom. The number of aryl methyl sites for hydroxylation is 1. The first-order valence-electron chi connectivity index (χ1n) is 5.42. The molecule has 0 saturated heterocycles. The van der Waals surface area contributed by atoms with E-state index in [1.165, 1.54) is 29.1 Å². The average molecular weight is 314 g/mol. The highest BCUT2D eigenvalue weighted by Gasteiger charge is 2.19. The monoisotopic (exact) mass is 313 g/mol. The quantitative estimate of drug-likeness (QED) is 0.912. The lowest BCUT2D eigenvalue weighted by Crippen LogP contribution is -2.18. The number of carbonyl (C=O) groups excluding carboxylic acids is 1. The molecular weight excluding hydrogens is 305 g/mol. The molecule has 0 fully saturated rings. The van der Waals surface area contributed by atoms with E-state index in [4.69, 9.17) is 28.3 Å². The van der Waals surface area contributed by atoms with Gasteiger partial charge in [0.05, 0.1) is 16.3 Å². The van der Waals surface area contributed by atoms with Gasteiger partial charge >= 0.3 is 5.97 Å². The van der Waals surface area contributed by atoms with Crippen molar-refractivity contribution < 1.29 is 14.7 Å². The molecule has 0 spiro atoms. The molecule has 0 radical (unpaired) electrons. The van der Waals surface area contributed by atoms with Crippen molar-refractivity contribution in [2.24, 2.45) is 7.05 Å². The number of amides is 1. The number of nitrogens with zero attached hydrogens (tertiary/aromatic N) is 2. The van der Waals surface area contributed by atoms with Gasteiger partial charge in [-0.1, -0.05) is 23.2 Å². The highest BCUT2D eigenvalue weighted by atomic mass is 35.5. The van der Waals surface area contributed by atoms with E-state index in [-0.39, 0.29) is 27.0 Å². The zero-order valence-electron chi connectivity index (χ0n) is 10.2. The lowest BCUT2D eigenvalue weighted by Gasteiger charge is -2.11. The molecule has 2 N–H and O–H groups in total. The van der Waals surface area contributed by atoms with Crippen molar-refractivity contribution in [2.45, 2.75) is 0 Å². The minimum Gasteiger partial charge on any atom is -0.478 e. The van der Waals surface area contributed by atoms with Crippen molar-refractivity contribution in [3.63, 3.8) is 0 Å². The van der Waals surface area contributed by atoms with Gasteiger partial charge in [0.2, 0.25) is 0 Å². The van der Waals surface area contributed by atoms with Crippen LogP contribution in [0.25, 0.3) is 0 Å². The van der Waals surface area contributed by atoms with Gasteiger partial charge in [-0.2, -0.15) is 5.10 Å². The Labute approximate surface area is 123 Å². The Bertz CT molecular complexity index is 697. The number of rotatable bonds is 3. The highest BCUT2D eigenvalue weighted by molar-refractivity contribution is 6.38. The first kappa shape index (κ1) is 14.4. The predicted octanol–water partition coefficient (Wildman–Crippen LogP) is 2.68. The van der Waals surface area contributed by atoms with Crippen molar-refractivity contribution in [3.05, 3.63) is 45.7 Å². The summed E-state index contributed by atoms with van der Waals surface area (Å²) in [4.78, 5) is 23.2. The molecular formula is C12H9Cl2N3O3. The molecule has 20 heavy (non-hydrogen) atoms. The van der Waals surface area contributed by atoms with E-state index in [1.54, 1.807) is 7.05 Å². The number of carboxylic acid groups (broad SMARTS) is 1. The Morgan fingerprint density at radius 1 is 1.35 bits per heavy atom. The molecule has 0 unspecified atom stereocenters. The van der Waals surface area contributed by atoms with Crippen LogP contribution < -0.4 is 5.32 Å². The van der Waals surface area contributed by atoms with Gasteiger partial charge in [-0.05, 0) is 18.2 Å². The van der Waals surface area contributed by atoms with Crippen molar-refractivity contribution in [2.75, 3.05) is 5.32 Å². The third kappa shape index (κ3) is 2.76. The Kier molecular flexibility index (Phi) is 3.96. The number of nitrogens with one attached hydrogen (secondary N) is 1. The summed E-state index contributed by atoms with van der Waals surface area (Å²) in [5, 5.41) is 15.7. The Morgan fingerprint density at radius 3 is 2.60 bits per heavy atom. The SMILES string of the molecule is Cn1nccc1C(=O)Nc1c(Cl)cc(Cl)cc1C(=O)O. The number of carboxylic acids is 1. The van der Waals surface area contributed by atoms with Gasteiger partial charge in [0, 0.05) is 18.3 Å². The van der Waals surface area contributed by atoms with Crippen LogP contribution in [0.2, 0.25) is 10.0 Å². The highest BCUT2D eigenvalue weighted by Crippen LogP contribution is 2.30. The molecule has 1 aromatic heterocycles. The standard InChI is InChI=1S/C12H9Cl2N3O3/c1-17-9(2-3-15-17)11(18)16-10-7(12(19)20)4-6(13)5-8(10)14/h2-5H,1H3,(H,16,18)(H,19,20). The van der Waals surface area contributed by atoms with Crippen LogP contribution in [0.3, 0.4) is 0 Å². The third-order valence-corrected chi connectivity index (χ3v) is 3.09. The van der Waals surface area contributed by atoms with Crippen molar-refractivity contribution in [3.8, 4) is 0 Å². The van der Waals surface area contributed by atoms with E-state index < -0.39 is 11.9 Å². The van der Waals surface area contributed by atoms with Gasteiger partial charge in [0.25, 0.3) is 5.91 Å². The summed E-state index contributed by atoms with van der Waals surface area (Å²) in [6.07, 6.45) is 1.45. The van der Waals surface area contributed by atoms with Crippen LogP contribution in [0.15, 0.2) is 24.4 Å². The van der Waals surface area contributed by atoms with Crippen LogP contribution in [0.1, 0.15) is 20.8 Å². The largest absolute Gasteiger partial charge is 0.478 e. The van der Waals surface area contributed by atoms with Gasteiger partial charge in [-0.3, -0.25) is 9.48 Å². The summed E-state index contributed by atoms with van der Waals surface area (Å²) in [5.74, 6) is -1.76. The normalized spacial score (nSPS) is 10.3. The van der Waals surface area contributed by atoms with E-state index in [9.17, 15) is 9.59 Å². The lowest BCUT2D eigenvalue weighted by molar-refractivity contribution is 0.0698. The summed E-state index contributed by atoms with van der Waals surface area (Å²) in [6, 6.07) is 4.07. The lowest BCUT2D eigenvalue weighted by atomic mass is 10.1. The third-order valence-electron chi connectivity index (χ3n) is 2.58. The molecule has 0 aliphatic heterocycles. The maximum Gasteiger partial charge on any atom is 0.337 e. The Balaban J connectivity index is 2.41. The molecule has 0 bridgehead atoms. The van der Waals surface area contributed by atoms with Gasteiger partial charge in [-0.25, -0.2) is 4.79 Å². The number of hydrogen-bond acceptors (Lipinski definition) is 3. The van der Waals surface area contributed by atoms with E-state index in [2.05, 4.69) is 10.4 Å². The van der Waals surface area contributed by atoms with Crippen LogP contribution in [0, 0.1) is 0 Å². The summed E-state index contributed by atoms with van der Waals surface area (Å²) in [7, 11) is 1.59. The van der Waals surface area contributed by atoms with E-state index in [0.717, 1.165) is 0 Å². The molecule has 1 amide bonds. The average Bonchev–Trinajstić information content (AvgIpc) is 2.78. The molecule has 0 saturated carbocycles. The molecule has 2 aromatic rings. The van der Waals surface area contributed by atoms with Crippen molar-refractivity contribution >= 4 is 40.8 Å². The number of benzene rings is 1. The van der Waals surface area contributed by atoms with E-state index in [0.29, 0.717) is 0 Å². The van der Waals surface area contributed by atoms with Crippen LogP contribution in [-0.2, 0) is 7.05 Å². The summed E-state index contributed by atoms with van der Waals surface area (Å²) in [6.45, 7) is 0. The second kappa shape index (κ2) is 5.52. The predicted molar refractivity (Wildman–Crippen MR) is 74.6 cm³/mol. The number of anilines is 1. The smallest absolute Gasteiger partial charge is 0.337 e. The molecule has 1 aromatic carbocycles. The van der Waals surface area contributed by atoms with Crippen molar-refractivity contribution in [1.82, 2.24) is 9.78 Å². The fourth-order valence-electron chi connectivity index (χ4n) is 1.64. The maximum atomic E-state index is 12.1. The molecule has 6 nitrogen and oxygen atoms in total. The van der Waals surface area contributed by atoms with Crippen LogP contribution in [0.5, 0.6) is 0 Å². The number of carbonyl (C=O) groups is 2. The molecule has 2 rings (SSSR count). The fraction of sp³-hybridized carbons (Fsp3) is 0.0833. The first-order valence-corrected chi connectivity index (χ1v) is 6.17. The number of hydrogen-bond donors (Lipinski definition) is 2. The Hall–Kier alpha value is -2.05. The molecule has 0 aliphatic carbocycles. The topological polar surface area (TPSA) is 84.2 Å². The minimum absolute atomic E-state index is 0.00485. The van der Waals surface area contributed by atoms with Crippen molar-refractivity contribution in [1.29, 1.82) is 0 Å². The van der Waals surface area contributed by atoms with Gasteiger partial charge in [-0.15, -0.1) is 0 Å². The molecule has 0 aliphatic rings. The summed E-state index contributed by atoms with van der Waals surface area (Å²) in [5.41, 5.74) is 0.0835. The number of aromatic nitrogens is 2. The molecule has 1 heterocycles. The van der Waals surface area contributed by atoms with Crippen LogP contribution in [-0.4, -0.2) is 26.8 Å².